The lowest BCUT2D eigenvalue weighted by molar-refractivity contribution is 0.0668. The van der Waals surface area contributed by atoms with E-state index in [4.69, 9.17) is 4.65 Å². The molecule has 1 radical (unpaired) electrons. The van der Waals surface area contributed by atoms with Gasteiger partial charge in [0.25, 0.3) is 0 Å². The second kappa shape index (κ2) is 6.80. The minimum atomic E-state index is -0.157. The van der Waals surface area contributed by atoms with Crippen molar-refractivity contribution >= 4 is 18.8 Å². The van der Waals surface area contributed by atoms with Crippen LogP contribution in [0.25, 0.3) is 0 Å². The molecule has 0 aliphatic carbocycles. The number of anilines is 1. The highest BCUT2D eigenvalue weighted by Crippen LogP contribution is 2.19. The van der Waals surface area contributed by atoms with Gasteiger partial charge in [-0.05, 0) is 38.3 Å². The second-order valence-electron chi connectivity index (χ2n) is 6.73. The smallest absolute Gasteiger partial charge is 0.332 e. The summed E-state index contributed by atoms with van der Waals surface area (Å²) in [4.78, 5) is 9.25. The van der Waals surface area contributed by atoms with Crippen LogP contribution in [-0.4, -0.2) is 56.2 Å². The average Bonchev–Trinajstić information content (AvgIpc) is 2.46. The van der Waals surface area contributed by atoms with Crippen LogP contribution >= 0.6 is 0 Å². The van der Waals surface area contributed by atoms with Crippen molar-refractivity contribution in [1.82, 2.24) is 9.88 Å². The first-order valence-electron chi connectivity index (χ1n) is 7.79. The summed E-state index contributed by atoms with van der Waals surface area (Å²) in [6, 6.07) is 4.17. The standard InChI is InChI=1S/C16H27BN3O/c1-13(2)16(3,4)21-17-14-6-7-15(18-12-14)20-10-8-19(5)9-11-20/h6-7,12-13H,8-11H2,1-5H3. The van der Waals surface area contributed by atoms with Gasteiger partial charge in [0.2, 0.25) is 0 Å². The van der Waals surface area contributed by atoms with Crippen molar-refractivity contribution in [3.63, 3.8) is 0 Å². The third-order valence-electron chi connectivity index (χ3n) is 4.49. The van der Waals surface area contributed by atoms with E-state index in [1.54, 1.807) is 0 Å². The zero-order valence-corrected chi connectivity index (χ0v) is 14.0. The molecule has 0 saturated carbocycles. The summed E-state index contributed by atoms with van der Waals surface area (Å²) in [6.45, 7) is 12.8. The molecule has 0 bridgehead atoms. The van der Waals surface area contributed by atoms with Gasteiger partial charge in [0.15, 0.2) is 0 Å². The van der Waals surface area contributed by atoms with E-state index in [-0.39, 0.29) is 5.60 Å². The molecule has 1 aliphatic heterocycles. The van der Waals surface area contributed by atoms with Gasteiger partial charge in [-0.15, -0.1) is 0 Å². The molecule has 0 amide bonds. The maximum Gasteiger partial charge on any atom is 0.332 e. The number of rotatable bonds is 5. The Bertz CT molecular complexity index is 439. The van der Waals surface area contributed by atoms with E-state index < -0.39 is 0 Å². The largest absolute Gasteiger partial charge is 0.429 e. The van der Waals surface area contributed by atoms with E-state index >= 15 is 0 Å². The summed E-state index contributed by atoms with van der Waals surface area (Å²) in [5, 5.41) is 0. The lowest BCUT2D eigenvalue weighted by Gasteiger charge is -2.33. The van der Waals surface area contributed by atoms with Crippen LogP contribution in [0, 0.1) is 5.92 Å². The molecule has 5 heteroatoms. The predicted octanol–water partition coefficient (Wildman–Crippen LogP) is 1.53. The highest BCUT2D eigenvalue weighted by Gasteiger charge is 2.23. The molecule has 1 aliphatic rings. The van der Waals surface area contributed by atoms with Gasteiger partial charge in [0.05, 0.1) is 0 Å². The van der Waals surface area contributed by atoms with E-state index in [1.807, 2.05) is 13.7 Å². The Morgan fingerprint density at radius 2 is 1.86 bits per heavy atom. The topological polar surface area (TPSA) is 28.6 Å². The molecule has 1 aromatic heterocycles. The first-order valence-corrected chi connectivity index (χ1v) is 7.79. The number of pyridine rings is 1. The molecule has 2 heterocycles. The van der Waals surface area contributed by atoms with Gasteiger partial charge < -0.3 is 14.5 Å². The van der Waals surface area contributed by atoms with Crippen molar-refractivity contribution in [3.8, 4) is 0 Å². The maximum absolute atomic E-state index is 5.89. The minimum absolute atomic E-state index is 0.157. The van der Waals surface area contributed by atoms with Crippen LogP contribution < -0.4 is 10.4 Å². The molecular weight excluding hydrogens is 261 g/mol. The molecule has 115 valence electrons. The number of nitrogens with zero attached hydrogens (tertiary/aromatic N) is 3. The van der Waals surface area contributed by atoms with Crippen molar-refractivity contribution in [1.29, 1.82) is 0 Å². The summed E-state index contributed by atoms with van der Waals surface area (Å²) < 4.78 is 5.89. The molecule has 0 aromatic carbocycles. The zero-order chi connectivity index (χ0) is 15.5. The summed E-state index contributed by atoms with van der Waals surface area (Å²) >= 11 is 0. The Hall–Kier alpha value is -1.07. The first-order chi connectivity index (χ1) is 9.88. The van der Waals surface area contributed by atoms with Gasteiger partial charge in [-0.3, -0.25) is 0 Å². The molecule has 0 N–H and O–H groups in total. The Labute approximate surface area is 129 Å². The SMILES string of the molecule is CC(C)C(C)(C)O[B]c1ccc(N2CCN(C)CC2)nc1. The number of hydrogen-bond acceptors (Lipinski definition) is 4. The van der Waals surface area contributed by atoms with E-state index in [9.17, 15) is 0 Å². The molecule has 0 atom stereocenters. The van der Waals surface area contributed by atoms with E-state index in [2.05, 4.69) is 61.7 Å². The normalized spacial score (nSPS) is 17.3. The Morgan fingerprint density at radius 1 is 1.19 bits per heavy atom. The molecule has 1 saturated heterocycles. The fourth-order valence-electron chi connectivity index (χ4n) is 2.05. The number of piperazine rings is 1. The molecule has 0 unspecified atom stereocenters. The second-order valence-corrected chi connectivity index (χ2v) is 6.73. The highest BCUT2D eigenvalue weighted by molar-refractivity contribution is 6.46. The first kappa shape index (κ1) is 16.3. The number of likely N-dealkylation sites (N-methyl/N-ethyl adjacent to an activating group) is 1. The Kier molecular flexibility index (Phi) is 5.28. The summed E-state index contributed by atoms with van der Waals surface area (Å²) in [6.07, 6.45) is 1.89. The van der Waals surface area contributed by atoms with Crippen LogP contribution in [0.3, 0.4) is 0 Å². The molecular formula is C16H27BN3O. The van der Waals surface area contributed by atoms with Crippen molar-refractivity contribution < 1.29 is 4.65 Å². The quantitative estimate of drug-likeness (QED) is 0.768. The van der Waals surface area contributed by atoms with Crippen LogP contribution in [0.1, 0.15) is 27.7 Å². The third-order valence-corrected chi connectivity index (χ3v) is 4.49. The molecule has 0 spiro atoms. The maximum atomic E-state index is 5.89. The lowest BCUT2D eigenvalue weighted by Crippen LogP contribution is -2.45. The molecule has 2 rings (SSSR count). The predicted molar refractivity (Wildman–Crippen MR) is 89.3 cm³/mol. The van der Waals surface area contributed by atoms with Gasteiger partial charge in [0, 0.05) is 38.0 Å². The van der Waals surface area contributed by atoms with E-state index in [0.29, 0.717) is 5.92 Å². The fraction of sp³-hybridized carbons (Fsp3) is 0.688. The lowest BCUT2D eigenvalue weighted by atomic mass is 9.85. The number of aromatic nitrogens is 1. The summed E-state index contributed by atoms with van der Waals surface area (Å²) in [5.74, 6) is 1.52. The van der Waals surface area contributed by atoms with Crippen LogP contribution in [0.2, 0.25) is 0 Å². The Balaban J connectivity index is 1.90. The van der Waals surface area contributed by atoms with Crippen LogP contribution in [0.5, 0.6) is 0 Å². The highest BCUT2D eigenvalue weighted by atomic mass is 16.5. The van der Waals surface area contributed by atoms with Crippen LogP contribution in [0.4, 0.5) is 5.82 Å². The van der Waals surface area contributed by atoms with Gasteiger partial charge in [-0.25, -0.2) is 4.98 Å². The Morgan fingerprint density at radius 3 is 2.38 bits per heavy atom. The van der Waals surface area contributed by atoms with Crippen molar-refractivity contribution in [2.45, 2.75) is 33.3 Å². The average molecular weight is 288 g/mol. The van der Waals surface area contributed by atoms with Gasteiger partial charge in [-0.1, -0.05) is 19.9 Å². The van der Waals surface area contributed by atoms with E-state index in [0.717, 1.165) is 37.5 Å². The van der Waals surface area contributed by atoms with Gasteiger partial charge in [-0.2, -0.15) is 0 Å². The van der Waals surface area contributed by atoms with Crippen molar-refractivity contribution in [3.05, 3.63) is 18.3 Å². The van der Waals surface area contributed by atoms with Gasteiger partial charge in [0.1, 0.15) is 5.82 Å². The van der Waals surface area contributed by atoms with E-state index in [1.165, 1.54) is 0 Å². The van der Waals surface area contributed by atoms with Gasteiger partial charge >= 0.3 is 7.48 Å². The van der Waals surface area contributed by atoms with Crippen LogP contribution in [-0.2, 0) is 4.65 Å². The van der Waals surface area contributed by atoms with Crippen LogP contribution in [0.15, 0.2) is 18.3 Å². The summed E-state index contributed by atoms with van der Waals surface area (Å²) in [5.41, 5.74) is 0.859. The van der Waals surface area contributed by atoms with Crippen molar-refractivity contribution in [2.75, 3.05) is 38.1 Å². The minimum Gasteiger partial charge on any atom is -0.429 e. The zero-order valence-electron chi connectivity index (χ0n) is 14.0. The van der Waals surface area contributed by atoms with Crippen molar-refractivity contribution in [2.24, 2.45) is 5.92 Å². The summed E-state index contributed by atoms with van der Waals surface area (Å²) in [7, 11) is 3.98. The third kappa shape index (κ3) is 4.45. The number of hydrogen-bond donors (Lipinski definition) is 0. The molecule has 21 heavy (non-hydrogen) atoms. The monoisotopic (exact) mass is 288 g/mol. The molecule has 4 nitrogen and oxygen atoms in total. The fourth-order valence-corrected chi connectivity index (χ4v) is 2.05. The molecule has 1 aromatic rings. The molecule has 1 fully saturated rings.